The Kier molecular flexibility index (Phi) is 3.55. The summed E-state index contributed by atoms with van der Waals surface area (Å²) < 4.78 is 16.4. The van der Waals surface area contributed by atoms with Gasteiger partial charge in [0.05, 0.1) is 5.52 Å². The van der Waals surface area contributed by atoms with Gasteiger partial charge in [-0.05, 0) is 42.8 Å². The largest absolute Gasteiger partial charge is 0.349 e. The first-order valence-electron chi connectivity index (χ1n) is 7.53. The van der Waals surface area contributed by atoms with E-state index in [0.29, 0.717) is 40.0 Å². The van der Waals surface area contributed by atoms with Crippen LogP contribution in [0.15, 0.2) is 30.3 Å². The molecule has 0 radical (unpaired) electrons. The fourth-order valence-electron chi connectivity index (χ4n) is 3.41. The zero-order chi connectivity index (χ0) is 17.0. The summed E-state index contributed by atoms with van der Waals surface area (Å²) in [4.78, 5) is 12.3. The van der Waals surface area contributed by atoms with E-state index >= 15 is 0 Å². The van der Waals surface area contributed by atoms with Crippen LogP contribution in [0.1, 0.15) is 16.1 Å². The SMILES string of the molecule is Cc1c2n(c3c(-c4ccc(Cl)cc4F)cc(Cl)cc13)CCNC2=O. The molecule has 24 heavy (non-hydrogen) atoms. The molecular formula is C18H13Cl2FN2O. The van der Waals surface area contributed by atoms with E-state index in [1.165, 1.54) is 6.07 Å². The minimum absolute atomic E-state index is 0.117. The third-order valence-corrected chi connectivity index (χ3v) is 4.88. The monoisotopic (exact) mass is 362 g/mol. The van der Waals surface area contributed by atoms with Gasteiger partial charge in [-0.3, -0.25) is 4.79 Å². The number of fused-ring (bicyclic) bond motifs is 3. The average molecular weight is 363 g/mol. The maximum Gasteiger partial charge on any atom is 0.268 e. The Morgan fingerprint density at radius 3 is 2.67 bits per heavy atom. The Bertz CT molecular complexity index is 1010. The second kappa shape index (κ2) is 5.50. The lowest BCUT2D eigenvalue weighted by atomic mass is 10.0. The van der Waals surface area contributed by atoms with Gasteiger partial charge >= 0.3 is 0 Å². The number of carbonyl (C=O) groups excluding carboxylic acids is 1. The quantitative estimate of drug-likeness (QED) is 0.662. The van der Waals surface area contributed by atoms with Crippen LogP contribution < -0.4 is 5.32 Å². The predicted octanol–water partition coefficient (Wildman–Crippen LogP) is 4.81. The van der Waals surface area contributed by atoms with Gasteiger partial charge in [-0.15, -0.1) is 0 Å². The van der Waals surface area contributed by atoms with Gasteiger partial charge in [0.2, 0.25) is 0 Å². The summed E-state index contributed by atoms with van der Waals surface area (Å²) in [6, 6.07) is 8.12. The number of hydrogen-bond donors (Lipinski definition) is 1. The van der Waals surface area contributed by atoms with Crippen molar-refractivity contribution in [2.75, 3.05) is 6.54 Å². The highest BCUT2D eigenvalue weighted by Gasteiger charge is 2.26. The van der Waals surface area contributed by atoms with Gasteiger partial charge in [0.25, 0.3) is 5.91 Å². The van der Waals surface area contributed by atoms with Gasteiger partial charge in [-0.1, -0.05) is 23.2 Å². The van der Waals surface area contributed by atoms with Crippen molar-refractivity contribution in [3.63, 3.8) is 0 Å². The molecule has 0 aliphatic carbocycles. The van der Waals surface area contributed by atoms with Crippen LogP contribution in [-0.4, -0.2) is 17.0 Å². The van der Waals surface area contributed by atoms with E-state index in [-0.39, 0.29) is 5.91 Å². The van der Waals surface area contributed by atoms with Crippen LogP contribution in [0, 0.1) is 12.7 Å². The van der Waals surface area contributed by atoms with Crippen LogP contribution in [0.4, 0.5) is 4.39 Å². The highest BCUT2D eigenvalue weighted by molar-refractivity contribution is 6.32. The molecule has 4 rings (SSSR count). The molecule has 0 saturated heterocycles. The zero-order valence-corrected chi connectivity index (χ0v) is 14.3. The van der Waals surface area contributed by atoms with Crippen molar-refractivity contribution in [3.05, 3.63) is 57.5 Å². The molecule has 1 N–H and O–H groups in total. The fourth-order valence-corrected chi connectivity index (χ4v) is 3.79. The normalized spacial score (nSPS) is 13.9. The maximum absolute atomic E-state index is 14.5. The summed E-state index contributed by atoms with van der Waals surface area (Å²) in [7, 11) is 0. The molecule has 3 aromatic rings. The summed E-state index contributed by atoms with van der Waals surface area (Å²) in [5.41, 5.74) is 3.35. The molecule has 0 fully saturated rings. The van der Waals surface area contributed by atoms with Crippen LogP contribution in [0.5, 0.6) is 0 Å². The number of rotatable bonds is 1. The third kappa shape index (κ3) is 2.21. The molecule has 2 heterocycles. The Labute approximate surface area is 148 Å². The van der Waals surface area contributed by atoms with Gasteiger partial charge in [0.1, 0.15) is 11.5 Å². The van der Waals surface area contributed by atoms with Crippen molar-refractivity contribution in [1.29, 1.82) is 0 Å². The van der Waals surface area contributed by atoms with Crippen molar-refractivity contribution < 1.29 is 9.18 Å². The molecule has 0 bridgehead atoms. The Hall–Kier alpha value is -2.04. The molecule has 2 aromatic carbocycles. The maximum atomic E-state index is 14.5. The lowest BCUT2D eigenvalue weighted by molar-refractivity contribution is 0.0928. The Morgan fingerprint density at radius 2 is 1.92 bits per heavy atom. The Morgan fingerprint density at radius 1 is 1.12 bits per heavy atom. The second-order valence-corrected chi connectivity index (χ2v) is 6.73. The molecule has 1 aliphatic rings. The van der Waals surface area contributed by atoms with Crippen molar-refractivity contribution in [1.82, 2.24) is 9.88 Å². The molecule has 1 aliphatic heterocycles. The molecular weight excluding hydrogens is 350 g/mol. The van der Waals surface area contributed by atoms with E-state index in [1.807, 2.05) is 17.6 Å². The first-order valence-corrected chi connectivity index (χ1v) is 8.29. The number of nitrogens with zero attached hydrogens (tertiary/aromatic N) is 1. The molecule has 0 unspecified atom stereocenters. The summed E-state index contributed by atoms with van der Waals surface area (Å²) >= 11 is 12.1. The first kappa shape index (κ1) is 15.5. The van der Waals surface area contributed by atoms with Crippen molar-refractivity contribution in [2.24, 2.45) is 0 Å². The summed E-state index contributed by atoms with van der Waals surface area (Å²) in [5, 5.41) is 4.54. The Balaban J connectivity index is 2.13. The third-order valence-electron chi connectivity index (χ3n) is 4.43. The number of benzene rings is 2. The van der Waals surface area contributed by atoms with E-state index in [2.05, 4.69) is 5.32 Å². The van der Waals surface area contributed by atoms with Crippen LogP contribution >= 0.6 is 23.2 Å². The van der Waals surface area contributed by atoms with Crippen LogP contribution in [0.2, 0.25) is 10.0 Å². The van der Waals surface area contributed by atoms with E-state index in [0.717, 1.165) is 16.5 Å². The smallest absolute Gasteiger partial charge is 0.268 e. The number of nitrogens with one attached hydrogen (secondary N) is 1. The fraction of sp³-hybridized carbons (Fsp3) is 0.167. The lowest BCUT2D eigenvalue weighted by Crippen LogP contribution is -2.35. The molecule has 0 spiro atoms. The zero-order valence-electron chi connectivity index (χ0n) is 12.8. The van der Waals surface area contributed by atoms with Crippen molar-refractivity contribution in [3.8, 4) is 11.1 Å². The molecule has 0 atom stereocenters. The minimum Gasteiger partial charge on any atom is -0.349 e. The van der Waals surface area contributed by atoms with Crippen LogP contribution in [0.3, 0.4) is 0 Å². The van der Waals surface area contributed by atoms with Crippen molar-refractivity contribution in [2.45, 2.75) is 13.5 Å². The van der Waals surface area contributed by atoms with E-state index in [1.54, 1.807) is 18.2 Å². The molecule has 0 saturated carbocycles. The van der Waals surface area contributed by atoms with Gasteiger partial charge in [0, 0.05) is 39.6 Å². The van der Waals surface area contributed by atoms with Crippen molar-refractivity contribution >= 4 is 40.0 Å². The summed E-state index contributed by atoms with van der Waals surface area (Å²) in [6.07, 6.45) is 0. The number of aromatic nitrogens is 1. The van der Waals surface area contributed by atoms with Crippen LogP contribution in [0.25, 0.3) is 22.0 Å². The van der Waals surface area contributed by atoms with E-state index in [4.69, 9.17) is 23.2 Å². The number of carbonyl (C=O) groups is 1. The lowest BCUT2D eigenvalue weighted by Gasteiger charge is -2.18. The standard InChI is InChI=1S/C18H13Cl2FN2O/c1-9-13-6-11(20)7-14(12-3-2-10(19)8-15(12)21)17(13)23-5-4-22-18(24)16(9)23/h2-3,6-8H,4-5H2,1H3,(H,22,24). The topological polar surface area (TPSA) is 34.0 Å². The summed E-state index contributed by atoms with van der Waals surface area (Å²) in [6.45, 7) is 3.06. The highest BCUT2D eigenvalue weighted by atomic mass is 35.5. The average Bonchev–Trinajstić information content (AvgIpc) is 2.81. The number of hydrogen-bond acceptors (Lipinski definition) is 1. The number of amides is 1. The highest BCUT2D eigenvalue weighted by Crippen LogP contribution is 2.38. The van der Waals surface area contributed by atoms with E-state index in [9.17, 15) is 9.18 Å². The molecule has 1 amide bonds. The van der Waals surface area contributed by atoms with Gasteiger partial charge < -0.3 is 9.88 Å². The van der Waals surface area contributed by atoms with Gasteiger partial charge in [-0.25, -0.2) is 4.39 Å². The molecule has 6 heteroatoms. The van der Waals surface area contributed by atoms with E-state index < -0.39 is 5.82 Å². The number of halogens is 3. The summed E-state index contributed by atoms with van der Waals surface area (Å²) in [5.74, 6) is -0.534. The second-order valence-electron chi connectivity index (χ2n) is 5.85. The molecule has 3 nitrogen and oxygen atoms in total. The number of aryl methyl sites for hydroxylation is 1. The van der Waals surface area contributed by atoms with Gasteiger partial charge in [-0.2, -0.15) is 0 Å². The minimum atomic E-state index is -0.417. The first-order chi connectivity index (χ1) is 11.5. The predicted molar refractivity (Wildman–Crippen MR) is 94.4 cm³/mol. The molecule has 1 aromatic heterocycles. The van der Waals surface area contributed by atoms with Crippen LogP contribution in [-0.2, 0) is 6.54 Å². The van der Waals surface area contributed by atoms with Gasteiger partial charge in [0.15, 0.2) is 0 Å². The molecule has 122 valence electrons.